The lowest BCUT2D eigenvalue weighted by Crippen LogP contribution is -2.41. The summed E-state index contributed by atoms with van der Waals surface area (Å²) in [5.74, 6) is 0.657. The van der Waals surface area contributed by atoms with Crippen molar-refractivity contribution in [3.05, 3.63) is 50.4 Å². The molecule has 0 saturated carbocycles. The van der Waals surface area contributed by atoms with E-state index in [1.54, 1.807) is 23.5 Å². The number of hydrogen-bond acceptors (Lipinski definition) is 4. The van der Waals surface area contributed by atoms with E-state index in [1.165, 1.54) is 0 Å². The molecule has 0 aliphatic rings. The van der Waals surface area contributed by atoms with Crippen LogP contribution < -0.4 is 16.0 Å². The van der Waals surface area contributed by atoms with Crippen molar-refractivity contribution < 1.29 is 4.79 Å². The second-order valence-corrected chi connectivity index (χ2v) is 7.54. The Morgan fingerprint density at radius 2 is 2.08 bits per heavy atom. The Morgan fingerprint density at radius 1 is 1.27 bits per heavy atom. The second kappa shape index (κ2) is 10.9. The first-order chi connectivity index (χ1) is 12.6. The highest BCUT2D eigenvalue weighted by molar-refractivity contribution is 9.10. The summed E-state index contributed by atoms with van der Waals surface area (Å²) < 4.78 is 0.889. The zero-order valence-electron chi connectivity index (χ0n) is 15.0. The third-order valence-electron chi connectivity index (χ3n) is 3.44. The van der Waals surface area contributed by atoms with E-state index in [-0.39, 0.29) is 5.91 Å². The van der Waals surface area contributed by atoms with Gasteiger partial charge in [-0.25, -0.2) is 4.98 Å². The second-order valence-electron chi connectivity index (χ2n) is 5.56. The number of amides is 1. The molecule has 8 heteroatoms. The van der Waals surface area contributed by atoms with Crippen LogP contribution in [0.1, 0.15) is 28.0 Å². The van der Waals surface area contributed by atoms with E-state index in [0.29, 0.717) is 25.2 Å². The maximum Gasteiger partial charge on any atom is 0.251 e. The number of aliphatic imine (C=N–C) groups is 1. The quantitative estimate of drug-likeness (QED) is 0.337. The number of aromatic nitrogens is 1. The zero-order chi connectivity index (χ0) is 18.8. The molecule has 2 rings (SSSR count). The number of nitrogens with zero attached hydrogens (tertiary/aromatic N) is 2. The smallest absolute Gasteiger partial charge is 0.251 e. The number of guanidine groups is 1. The van der Waals surface area contributed by atoms with Crippen LogP contribution in [0.25, 0.3) is 0 Å². The van der Waals surface area contributed by atoms with Crippen LogP contribution in [0.4, 0.5) is 0 Å². The molecule has 0 fully saturated rings. The SMILES string of the molecule is CCNC(=NCCc1csc(C)n1)NCCNC(=O)c1cccc(Br)c1. The van der Waals surface area contributed by atoms with Gasteiger partial charge in [-0.1, -0.05) is 22.0 Å². The fraction of sp³-hybridized carbons (Fsp3) is 0.389. The Labute approximate surface area is 166 Å². The lowest BCUT2D eigenvalue weighted by Gasteiger charge is -2.12. The number of hydrogen-bond donors (Lipinski definition) is 3. The summed E-state index contributed by atoms with van der Waals surface area (Å²) in [7, 11) is 0. The van der Waals surface area contributed by atoms with E-state index >= 15 is 0 Å². The average molecular weight is 438 g/mol. The standard InChI is InChI=1S/C18H24BrN5OS/c1-3-20-18(22-8-7-16-12-26-13(2)24-16)23-10-9-21-17(25)14-5-4-6-15(19)11-14/h4-6,11-12H,3,7-10H2,1-2H3,(H,21,25)(H2,20,22,23). The Kier molecular flexibility index (Phi) is 8.57. The van der Waals surface area contributed by atoms with Crippen LogP contribution in [0, 0.1) is 6.92 Å². The predicted octanol–water partition coefficient (Wildman–Crippen LogP) is 2.74. The number of nitrogens with one attached hydrogen (secondary N) is 3. The van der Waals surface area contributed by atoms with Gasteiger partial charge in [0.2, 0.25) is 0 Å². The minimum absolute atomic E-state index is 0.0889. The van der Waals surface area contributed by atoms with Gasteiger partial charge in [0.25, 0.3) is 5.91 Å². The minimum atomic E-state index is -0.0889. The van der Waals surface area contributed by atoms with Crippen molar-refractivity contribution in [1.82, 2.24) is 20.9 Å². The molecule has 2 aromatic rings. The molecule has 0 unspecified atom stereocenters. The molecular formula is C18H24BrN5OS. The summed E-state index contributed by atoms with van der Waals surface area (Å²) in [6, 6.07) is 7.33. The molecule has 1 aromatic heterocycles. The van der Waals surface area contributed by atoms with E-state index < -0.39 is 0 Å². The van der Waals surface area contributed by atoms with Gasteiger partial charge < -0.3 is 16.0 Å². The normalized spacial score (nSPS) is 11.3. The number of carbonyl (C=O) groups excluding carboxylic acids is 1. The third kappa shape index (κ3) is 7.13. The van der Waals surface area contributed by atoms with Crippen LogP contribution in [0.3, 0.4) is 0 Å². The number of halogens is 1. The van der Waals surface area contributed by atoms with E-state index in [0.717, 1.165) is 34.1 Å². The molecule has 0 atom stereocenters. The molecular weight excluding hydrogens is 414 g/mol. The van der Waals surface area contributed by atoms with Crippen molar-refractivity contribution >= 4 is 39.1 Å². The maximum atomic E-state index is 12.1. The van der Waals surface area contributed by atoms with Crippen molar-refractivity contribution in [3.8, 4) is 0 Å². The first kappa shape index (κ1) is 20.4. The highest BCUT2D eigenvalue weighted by atomic mass is 79.9. The van der Waals surface area contributed by atoms with Crippen LogP contribution in [0.2, 0.25) is 0 Å². The Balaban J connectivity index is 1.73. The van der Waals surface area contributed by atoms with Crippen LogP contribution >= 0.6 is 27.3 Å². The molecule has 140 valence electrons. The third-order valence-corrected chi connectivity index (χ3v) is 4.75. The van der Waals surface area contributed by atoms with Gasteiger partial charge in [-0.2, -0.15) is 0 Å². The Bertz CT molecular complexity index is 747. The molecule has 26 heavy (non-hydrogen) atoms. The number of benzene rings is 1. The van der Waals surface area contributed by atoms with E-state index in [1.807, 2.05) is 26.0 Å². The Hall–Kier alpha value is -1.93. The summed E-state index contributed by atoms with van der Waals surface area (Å²) in [6.45, 7) is 6.60. The lowest BCUT2D eigenvalue weighted by atomic mass is 10.2. The highest BCUT2D eigenvalue weighted by Gasteiger charge is 2.05. The van der Waals surface area contributed by atoms with Crippen molar-refractivity contribution in [3.63, 3.8) is 0 Å². The highest BCUT2D eigenvalue weighted by Crippen LogP contribution is 2.11. The van der Waals surface area contributed by atoms with Crippen molar-refractivity contribution in [2.24, 2.45) is 4.99 Å². The first-order valence-electron chi connectivity index (χ1n) is 8.55. The van der Waals surface area contributed by atoms with Crippen LogP contribution in [0.15, 0.2) is 39.1 Å². The molecule has 3 N–H and O–H groups in total. The van der Waals surface area contributed by atoms with Gasteiger partial charge in [0.05, 0.1) is 10.7 Å². The van der Waals surface area contributed by atoms with Gasteiger partial charge in [0.1, 0.15) is 0 Å². The fourth-order valence-corrected chi connectivity index (χ4v) is 3.28. The van der Waals surface area contributed by atoms with Gasteiger partial charge in [0, 0.05) is 48.0 Å². The number of carbonyl (C=O) groups is 1. The predicted molar refractivity (Wildman–Crippen MR) is 111 cm³/mol. The summed E-state index contributed by atoms with van der Waals surface area (Å²) in [6.07, 6.45) is 0.820. The van der Waals surface area contributed by atoms with Crippen LogP contribution in [0.5, 0.6) is 0 Å². The number of aryl methyl sites for hydroxylation is 1. The molecule has 0 aliphatic heterocycles. The summed E-state index contributed by atoms with van der Waals surface area (Å²) >= 11 is 5.03. The van der Waals surface area contributed by atoms with Gasteiger partial charge in [0.15, 0.2) is 5.96 Å². The number of rotatable bonds is 8. The van der Waals surface area contributed by atoms with Crippen LogP contribution in [-0.2, 0) is 6.42 Å². The zero-order valence-corrected chi connectivity index (χ0v) is 17.4. The summed E-state index contributed by atoms with van der Waals surface area (Å²) in [4.78, 5) is 21.1. The van der Waals surface area contributed by atoms with Crippen LogP contribution in [-0.4, -0.2) is 43.0 Å². The van der Waals surface area contributed by atoms with Crippen molar-refractivity contribution in [1.29, 1.82) is 0 Å². The fourth-order valence-electron chi connectivity index (χ4n) is 2.24. The van der Waals surface area contributed by atoms with Crippen molar-refractivity contribution in [2.75, 3.05) is 26.2 Å². The minimum Gasteiger partial charge on any atom is -0.357 e. The first-order valence-corrected chi connectivity index (χ1v) is 10.2. The molecule has 0 radical (unpaired) electrons. The van der Waals surface area contributed by atoms with E-state index in [4.69, 9.17) is 0 Å². The molecule has 1 aromatic carbocycles. The molecule has 6 nitrogen and oxygen atoms in total. The number of thiazole rings is 1. The molecule has 0 bridgehead atoms. The lowest BCUT2D eigenvalue weighted by molar-refractivity contribution is 0.0954. The topological polar surface area (TPSA) is 78.4 Å². The Morgan fingerprint density at radius 3 is 2.77 bits per heavy atom. The van der Waals surface area contributed by atoms with Crippen molar-refractivity contribution in [2.45, 2.75) is 20.3 Å². The van der Waals surface area contributed by atoms with Gasteiger partial charge in [-0.15, -0.1) is 11.3 Å². The maximum absolute atomic E-state index is 12.1. The van der Waals surface area contributed by atoms with Gasteiger partial charge in [-0.3, -0.25) is 9.79 Å². The molecule has 0 saturated heterocycles. The summed E-state index contributed by atoms with van der Waals surface area (Å²) in [5.41, 5.74) is 1.71. The molecule has 0 aliphatic carbocycles. The average Bonchev–Trinajstić information content (AvgIpc) is 3.03. The monoisotopic (exact) mass is 437 g/mol. The molecule has 1 amide bonds. The molecule has 1 heterocycles. The van der Waals surface area contributed by atoms with Gasteiger partial charge in [-0.05, 0) is 32.0 Å². The largest absolute Gasteiger partial charge is 0.357 e. The van der Waals surface area contributed by atoms with E-state index in [2.05, 4.69) is 47.2 Å². The summed E-state index contributed by atoms with van der Waals surface area (Å²) in [5, 5.41) is 12.5. The van der Waals surface area contributed by atoms with E-state index in [9.17, 15) is 4.79 Å². The molecule has 0 spiro atoms. The van der Waals surface area contributed by atoms with Gasteiger partial charge >= 0.3 is 0 Å².